The Morgan fingerprint density at radius 3 is 2.32 bits per heavy atom. The maximum Gasteiger partial charge on any atom is 0.221 e. The van der Waals surface area contributed by atoms with Crippen molar-refractivity contribution >= 4 is 24.7 Å². The summed E-state index contributed by atoms with van der Waals surface area (Å²) in [5, 5.41) is 5.00. The molecule has 242 valence electrons. The maximum absolute atomic E-state index is 11.5. The third-order valence-corrected chi connectivity index (χ3v) is 7.45. The summed E-state index contributed by atoms with van der Waals surface area (Å²) in [5.41, 5.74) is 7.90. The predicted octanol–water partition coefficient (Wildman–Crippen LogP) is 4.75. The van der Waals surface area contributed by atoms with Crippen molar-refractivity contribution in [2.45, 2.75) is 66.0 Å². The molecule has 0 spiro atoms. The van der Waals surface area contributed by atoms with E-state index in [9.17, 15) is 14.4 Å². The van der Waals surface area contributed by atoms with Crippen LogP contribution in [-0.2, 0) is 33.8 Å². The molecule has 0 unspecified atom stereocenters. The summed E-state index contributed by atoms with van der Waals surface area (Å²) in [4.78, 5) is 36.6. The zero-order valence-electron chi connectivity index (χ0n) is 27.2. The molecule has 9 heteroatoms. The molecule has 1 amide bonds. The Labute approximate surface area is 264 Å². The van der Waals surface area contributed by atoms with Gasteiger partial charge in [-0.2, -0.15) is 0 Å². The molecule has 2 aromatic rings. The molecular formula is C35H53N5O4. The van der Waals surface area contributed by atoms with Gasteiger partial charge in [-0.25, -0.2) is 5.01 Å². The molecule has 4 rings (SSSR count). The van der Waals surface area contributed by atoms with Gasteiger partial charge < -0.3 is 19.7 Å². The first-order valence-corrected chi connectivity index (χ1v) is 16.1. The van der Waals surface area contributed by atoms with Crippen molar-refractivity contribution in [3.05, 3.63) is 76.6 Å². The third kappa shape index (κ3) is 13.4. The molecule has 0 aromatic heterocycles. The summed E-state index contributed by atoms with van der Waals surface area (Å²) in [6.07, 6.45) is 9.52. The number of piperazine rings is 1. The second kappa shape index (κ2) is 22.0. The highest BCUT2D eigenvalue weighted by Gasteiger charge is 2.18. The van der Waals surface area contributed by atoms with Crippen molar-refractivity contribution in [1.82, 2.24) is 20.7 Å². The molecule has 2 heterocycles. The van der Waals surface area contributed by atoms with Gasteiger partial charge in [0.1, 0.15) is 18.3 Å². The zero-order valence-corrected chi connectivity index (χ0v) is 27.2. The lowest BCUT2D eigenvalue weighted by molar-refractivity contribution is -0.113. The Bertz CT molecular complexity index is 1130. The topological polar surface area (TPSA) is 94.2 Å². The van der Waals surface area contributed by atoms with Crippen LogP contribution in [0.3, 0.4) is 0 Å². The van der Waals surface area contributed by atoms with Crippen molar-refractivity contribution < 1.29 is 19.1 Å². The van der Waals surface area contributed by atoms with Crippen LogP contribution in [0.1, 0.15) is 73.5 Å². The minimum atomic E-state index is 0.470. The van der Waals surface area contributed by atoms with Gasteiger partial charge in [0.25, 0.3) is 0 Å². The van der Waals surface area contributed by atoms with Crippen molar-refractivity contribution in [2.75, 3.05) is 57.8 Å². The first-order chi connectivity index (χ1) is 21.6. The quantitative estimate of drug-likeness (QED) is 0.170. The molecular weight excluding hydrogens is 554 g/mol. The van der Waals surface area contributed by atoms with Gasteiger partial charge in [-0.15, -0.1) is 0 Å². The highest BCUT2D eigenvalue weighted by Crippen LogP contribution is 2.22. The van der Waals surface area contributed by atoms with Crippen molar-refractivity contribution in [3.8, 4) is 0 Å². The normalized spacial score (nSPS) is 14.8. The third-order valence-electron chi connectivity index (χ3n) is 7.45. The summed E-state index contributed by atoms with van der Waals surface area (Å²) >= 11 is 0. The zero-order chi connectivity index (χ0) is 32.0. The fourth-order valence-corrected chi connectivity index (χ4v) is 4.98. The van der Waals surface area contributed by atoms with E-state index in [1.807, 2.05) is 26.0 Å². The number of nitrogens with one attached hydrogen (secondary N) is 2. The molecule has 0 saturated carbocycles. The van der Waals surface area contributed by atoms with E-state index < -0.39 is 0 Å². The van der Waals surface area contributed by atoms with Crippen molar-refractivity contribution in [3.63, 3.8) is 0 Å². The second-order valence-electron chi connectivity index (χ2n) is 10.7. The number of carbonyl (C=O) groups excluding carboxylic acids is 3. The van der Waals surface area contributed by atoms with Gasteiger partial charge in [-0.1, -0.05) is 51.5 Å². The van der Waals surface area contributed by atoms with Crippen LogP contribution in [0.2, 0.25) is 0 Å². The Balaban J connectivity index is 0.000000755. The van der Waals surface area contributed by atoms with E-state index in [4.69, 9.17) is 4.74 Å². The number of carbonyl (C=O) groups is 3. The number of benzene rings is 2. The molecule has 2 N–H and O–H groups in total. The van der Waals surface area contributed by atoms with E-state index in [1.165, 1.54) is 11.1 Å². The number of aldehydes is 2. The van der Waals surface area contributed by atoms with Crippen molar-refractivity contribution in [2.24, 2.45) is 0 Å². The average molecular weight is 608 g/mol. The van der Waals surface area contributed by atoms with Crippen LogP contribution in [0.15, 0.2) is 54.3 Å². The minimum absolute atomic E-state index is 0.470. The van der Waals surface area contributed by atoms with Gasteiger partial charge in [0.15, 0.2) is 0 Å². The monoisotopic (exact) mass is 607 g/mol. The number of hydrazine groups is 1. The standard InChI is InChI=1S/C28H37N5O3.C5H10O.C2H6/c1-31(30-22-35)20-26-17-27(9-8-25(26)21-34)33-14-12-32(13-15-33)19-24-6-4-23(5-7-24)10-16-36-28-3-2-11-29-18-28;1-2-3-4-5-6;1-2/h3-9,17,21-22,29H,2,10-16,18-20H2,1H3,(H,30,35);5H,2-4H2,1H3;1-2H3. The molecule has 2 aliphatic rings. The number of nitrogens with zero attached hydrogens (tertiary/aromatic N) is 3. The van der Waals surface area contributed by atoms with Crippen molar-refractivity contribution in [1.29, 1.82) is 0 Å². The van der Waals surface area contributed by atoms with Crippen LogP contribution >= 0.6 is 0 Å². The van der Waals surface area contributed by atoms with E-state index in [2.05, 4.69) is 63.9 Å². The maximum atomic E-state index is 11.5. The largest absolute Gasteiger partial charge is 0.497 e. The summed E-state index contributed by atoms with van der Waals surface area (Å²) in [7, 11) is 1.78. The lowest BCUT2D eigenvalue weighted by Gasteiger charge is -2.36. The molecule has 2 aliphatic heterocycles. The van der Waals surface area contributed by atoms with Gasteiger partial charge in [-0.3, -0.25) is 19.9 Å². The highest BCUT2D eigenvalue weighted by atomic mass is 16.5. The molecule has 0 radical (unpaired) electrons. The molecule has 44 heavy (non-hydrogen) atoms. The number of ether oxygens (including phenoxy) is 1. The van der Waals surface area contributed by atoms with Gasteiger partial charge in [0.2, 0.25) is 6.41 Å². The average Bonchev–Trinajstić information content (AvgIpc) is 3.07. The Morgan fingerprint density at radius 1 is 1.00 bits per heavy atom. The van der Waals surface area contributed by atoms with Crippen LogP contribution in [0, 0.1) is 0 Å². The summed E-state index contributed by atoms with van der Waals surface area (Å²) in [5.74, 6) is 1.06. The SMILES string of the molecule is CC.CCCCC=O.CN(Cc1cc(N2CCN(Cc3ccc(CCOC4=CCCNC4)cc3)CC2)ccc1C=O)NC=O. The van der Waals surface area contributed by atoms with E-state index in [0.29, 0.717) is 25.1 Å². The van der Waals surface area contributed by atoms with E-state index >= 15 is 0 Å². The van der Waals surface area contributed by atoms with E-state index in [1.54, 1.807) is 12.1 Å². The first-order valence-electron chi connectivity index (χ1n) is 16.1. The number of hydrogen-bond donors (Lipinski definition) is 2. The highest BCUT2D eigenvalue weighted by molar-refractivity contribution is 5.78. The summed E-state index contributed by atoms with van der Waals surface area (Å²) in [6, 6.07) is 14.8. The molecule has 0 bridgehead atoms. The number of amides is 1. The van der Waals surface area contributed by atoms with Gasteiger partial charge in [0.05, 0.1) is 13.2 Å². The minimum Gasteiger partial charge on any atom is -0.497 e. The van der Waals surface area contributed by atoms with Crippen LogP contribution in [-0.4, -0.2) is 81.8 Å². The molecule has 2 aromatic carbocycles. The molecule has 1 saturated heterocycles. The van der Waals surface area contributed by atoms with Gasteiger partial charge >= 0.3 is 0 Å². The fraction of sp³-hybridized carbons (Fsp3) is 0.514. The lowest BCUT2D eigenvalue weighted by Crippen LogP contribution is -2.46. The Morgan fingerprint density at radius 2 is 1.73 bits per heavy atom. The Hall–Kier alpha value is -3.53. The number of anilines is 1. The Kier molecular flexibility index (Phi) is 18.4. The lowest BCUT2D eigenvalue weighted by atomic mass is 10.1. The number of hydrogen-bond acceptors (Lipinski definition) is 8. The van der Waals surface area contributed by atoms with Crippen LogP contribution in [0.4, 0.5) is 5.69 Å². The van der Waals surface area contributed by atoms with Gasteiger partial charge in [-0.05, 0) is 60.4 Å². The molecule has 0 aliphatic carbocycles. The fourth-order valence-electron chi connectivity index (χ4n) is 4.98. The number of unbranched alkanes of at least 4 members (excludes halogenated alkanes) is 2. The molecule has 0 atom stereocenters. The number of rotatable bonds is 15. The van der Waals surface area contributed by atoms with Crippen LogP contribution in [0.5, 0.6) is 0 Å². The second-order valence-corrected chi connectivity index (χ2v) is 10.7. The molecule has 1 fully saturated rings. The first kappa shape index (κ1) is 36.7. The predicted molar refractivity (Wildman–Crippen MR) is 179 cm³/mol. The smallest absolute Gasteiger partial charge is 0.221 e. The molecule has 9 nitrogen and oxygen atoms in total. The van der Waals surface area contributed by atoms with Crippen LogP contribution in [0.25, 0.3) is 0 Å². The summed E-state index contributed by atoms with van der Waals surface area (Å²) in [6.45, 7) is 13.9. The van der Waals surface area contributed by atoms with Crippen LogP contribution < -0.4 is 15.6 Å². The summed E-state index contributed by atoms with van der Waals surface area (Å²) < 4.78 is 5.88. The van der Waals surface area contributed by atoms with Gasteiger partial charge in [0, 0.05) is 70.4 Å². The van der Waals surface area contributed by atoms with E-state index in [-0.39, 0.29) is 0 Å². The van der Waals surface area contributed by atoms with E-state index in [0.717, 1.165) is 107 Å².